The zero-order valence-corrected chi connectivity index (χ0v) is 16.9. The van der Waals surface area contributed by atoms with Gasteiger partial charge < -0.3 is 9.84 Å². The fourth-order valence-electron chi connectivity index (χ4n) is 3.11. The first-order valence-electron chi connectivity index (χ1n) is 8.72. The molecule has 2 aromatic rings. The number of nitrogens with one attached hydrogen (secondary N) is 1. The van der Waals surface area contributed by atoms with Gasteiger partial charge in [-0.1, -0.05) is 54.6 Å². The number of thioether (sulfide) groups is 2. The first kappa shape index (κ1) is 19.9. The van der Waals surface area contributed by atoms with E-state index in [1.807, 2.05) is 42.1 Å². The molecule has 0 amide bonds. The van der Waals surface area contributed by atoms with Gasteiger partial charge in [0.1, 0.15) is 10.3 Å². The van der Waals surface area contributed by atoms with Crippen LogP contribution in [0.2, 0.25) is 0 Å². The molecule has 3 rings (SSSR count). The van der Waals surface area contributed by atoms with Crippen LogP contribution in [0.5, 0.6) is 0 Å². The third-order valence-corrected chi connectivity index (χ3v) is 7.43. The molecule has 1 saturated heterocycles. The Morgan fingerprint density at radius 1 is 1.22 bits per heavy atom. The highest BCUT2D eigenvalue weighted by molar-refractivity contribution is 8.16. The lowest BCUT2D eigenvalue weighted by atomic mass is 10.0. The largest absolute Gasteiger partial charge is 0.503 e. The van der Waals surface area contributed by atoms with Crippen molar-refractivity contribution < 1.29 is 14.6 Å². The lowest BCUT2D eigenvalue weighted by Gasteiger charge is -2.13. The van der Waals surface area contributed by atoms with E-state index < -0.39 is 5.97 Å². The van der Waals surface area contributed by atoms with Crippen LogP contribution in [0.15, 0.2) is 60.9 Å². The van der Waals surface area contributed by atoms with Crippen molar-refractivity contribution in [2.45, 2.75) is 28.7 Å². The average Bonchev–Trinajstić information content (AvgIpc) is 3.06. The third-order valence-electron chi connectivity index (χ3n) is 4.42. The van der Waals surface area contributed by atoms with Gasteiger partial charge in [0.2, 0.25) is 0 Å². The van der Waals surface area contributed by atoms with Gasteiger partial charge in [-0.15, -0.1) is 23.5 Å². The predicted octanol–water partition coefficient (Wildman–Crippen LogP) is 4.74. The van der Waals surface area contributed by atoms with Crippen LogP contribution in [0.4, 0.5) is 0 Å². The molecule has 2 aromatic carbocycles. The standard InChI is InChI=1S/C21H23NO3S2/c1-14-19(15-8-4-3-5-9-15)27-21(22-14)26-13-16-10-6-7-11-17(16)18(12-25-2)20(23)24/h3-12,14,19,21-22H,13H2,1-2H3,(H,23,24)/b18-12+. The van der Waals surface area contributed by atoms with Gasteiger partial charge in [-0.3, -0.25) is 5.32 Å². The van der Waals surface area contributed by atoms with Gasteiger partial charge >= 0.3 is 5.97 Å². The van der Waals surface area contributed by atoms with Crippen molar-refractivity contribution in [3.05, 3.63) is 77.5 Å². The molecule has 4 nitrogen and oxygen atoms in total. The maximum Gasteiger partial charge on any atom is 0.339 e. The maximum atomic E-state index is 11.6. The lowest BCUT2D eigenvalue weighted by molar-refractivity contribution is -0.130. The zero-order chi connectivity index (χ0) is 19.2. The van der Waals surface area contributed by atoms with Crippen LogP contribution in [0.25, 0.3) is 5.57 Å². The number of ether oxygens (including phenoxy) is 1. The summed E-state index contributed by atoms with van der Waals surface area (Å²) in [5.41, 5.74) is 3.21. The summed E-state index contributed by atoms with van der Waals surface area (Å²) in [6.45, 7) is 2.21. The Labute approximate surface area is 168 Å². The number of hydrogen-bond acceptors (Lipinski definition) is 5. The fraction of sp³-hybridized carbons (Fsp3) is 0.286. The normalized spacial score (nSPS) is 22.6. The van der Waals surface area contributed by atoms with E-state index in [0.29, 0.717) is 16.9 Å². The molecule has 0 spiro atoms. The van der Waals surface area contributed by atoms with Gasteiger partial charge in [-0.05, 0) is 23.6 Å². The average molecular weight is 402 g/mol. The molecule has 142 valence electrons. The number of hydrogen-bond donors (Lipinski definition) is 2. The highest BCUT2D eigenvalue weighted by Crippen LogP contribution is 2.44. The molecule has 0 aromatic heterocycles. The summed E-state index contributed by atoms with van der Waals surface area (Å²) in [5.74, 6) is -0.260. The number of carboxylic acids is 1. The molecule has 0 bridgehead atoms. The molecular formula is C21H23NO3S2. The number of carboxylic acid groups (broad SMARTS) is 1. The summed E-state index contributed by atoms with van der Waals surface area (Å²) < 4.78 is 5.23. The van der Waals surface area contributed by atoms with E-state index in [-0.39, 0.29) is 10.3 Å². The van der Waals surface area contributed by atoms with Crippen molar-refractivity contribution >= 4 is 35.1 Å². The monoisotopic (exact) mass is 401 g/mol. The van der Waals surface area contributed by atoms with Gasteiger partial charge in [0, 0.05) is 17.0 Å². The van der Waals surface area contributed by atoms with Gasteiger partial charge in [0.25, 0.3) is 0 Å². The van der Waals surface area contributed by atoms with Gasteiger partial charge in [-0.25, -0.2) is 4.79 Å². The van der Waals surface area contributed by atoms with Crippen LogP contribution >= 0.6 is 23.5 Å². The minimum Gasteiger partial charge on any atom is -0.503 e. The van der Waals surface area contributed by atoms with E-state index in [4.69, 9.17) is 4.74 Å². The molecule has 1 aliphatic rings. The molecule has 1 fully saturated rings. The number of benzene rings is 2. The molecule has 1 aliphatic heterocycles. The van der Waals surface area contributed by atoms with Gasteiger partial charge in [0.05, 0.1) is 13.4 Å². The number of rotatable bonds is 7. The highest BCUT2D eigenvalue weighted by atomic mass is 32.2. The minimum absolute atomic E-state index is 0.177. The molecule has 0 radical (unpaired) electrons. The van der Waals surface area contributed by atoms with Crippen molar-refractivity contribution in [1.29, 1.82) is 0 Å². The maximum absolute atomic E-state index is 11.6. The van der Waals surface area contributed by atoms with E-state index in [1.54, 1.807) is 11.8 Å². The molecular weight excluding hydrogens is 378 g/mol. The predicted molar refractivity (Wildman–Crippen MR) is 114 cm³/mol. The van der Waals surface area contributed by atoms with E-state index in [0.717, 1.165) is 11.3 Å². The minimum atomic E-state index is -0.986. The highest BCUT2D eigenvalue weighted by Gasteiger charge is 2.32. The Balaban J connectivity index is 1.69. The van der Waals surface area contributed by atoms with Crippen molar-refractivity contribution in [2.24, 2.45) is 0 Å². The summed E-state index contributed by atoms with van der Waals surface area (Å²) >= 11 is 3.71. The quantitative estimate of drug-likeness (QED) is 0.516. The Kier molecular flexibility index (Phi) is 6.88. The molecule has 6 heteroatoms. The van der Waals surface area contributed by atoms with Crippen LogP contribution < -0.4 is 5.32 Å². The Hall–Kier alpha value is -1.89. The van der Waals surface area contributed by atoms with Crippen LogP contribution in [-0.2, 0) is 15.3 Å². The summed E-state index contributed by atoms with van der Waals surface area (Å²) in [6.07, 6.45) is 1.29. The molecule has 27 heavy (non-hydrogen) atoms. The first-order valence-corrected chi connectivity index (χ1v) is 10.7. The SMILES string of the molecule is CO/C=C(/C(=O)O)c1ccccc1CSC1NC(C)C(c2ccccc2)S1. The number of aliphatic carboxylic acids is 1. The zero-order valence-electron chi connectivity index (χ0n) is 15.3. The molecule has 3 unspecified atom stereocenters. The van der Waals surface area contributed by atoms with Crippen molar-refractivity contribution in [2.75, 3.05) is 7.11 Å². The second kappa shape index (κ2) is 9.35. The van der Waals surface area contributed by atoms with E-state index in [9.17, 15) is 9.90 Å². The van der Waals surface area contributed by atoms with Crippen LogP contribution in [-0.4, -0.2) is 28.9 Å². The topological polar surface area (TPSA) is 58.6 Å². The Morgan fingerprint density at radius 3 is 2.63 bits per heavy atom. The summed E-state index contributed by atoms with van der Waals surface area (Å²) in [7, 11) is 1.46. The van der Waals surface area contributed by atoms with Gasteiger partial charge in [-0.2, -0.15) is 0 Å². The lowest BCUT2D eigenvalue weighted by Crippen LogP contribution is -2.26. The summed E-state index contributed by atoms with van der Waals surface area (Å²) in [4.78, 5) is 11.6. The fourth-order valence-corrected chi connectivity index (χ4v) is 6.07. The van der Waals surface area contributed by atoms with Crippen LogP contribution in [0.3, 0.4) is 0 Å². The van der Waals surface area contributed by atoms with E-state index in [2.05, 4.69) is 36.5 Å². The van der Waals surface area contributed by atoms with Crippen molar-refractivity contribution in [3.8, 4) is 0 Å². The van der Waals surface area contributed by atoms with E-state index >= 15 is 0 Å². The van der Waals surface area contributed by atoms with E-state index in [1.165, 1.54) is 18.9 Å². The molecule has 2 N–H and O–H groups in total. The second-order valence-corrected chi connectivity index (χ2v) is 8.94. The smallest absolute Gasteiger partial charge is 0.339 e. The molecule has 0 saturated carbocycles. The molecule has 1 heterocycles. The summed E-state index contributed by atoms with van der Waals surface area (Å²) in [6, 6.07) is 18.5. The van der Waals surface area contributed by atoms with Crippen molar-refractivity contribution in [3.63, 3.8) is 0 Å². The molecule has 3 atom stereocenters. The first-order chi connectivity index (χ1) is 13.1. The number of carbonyl (C=O) groups is 1. The third kappa shape index (κ3) is 4.89. The van der Waals surface area contributed by atoms with Crippen molar-refractivity contribution in [1.82, 2.24) is 5.32 Å². The number of methoxy groups -OCH3 is 1. The summed E-state index contributed by atoms with van der Waals surface area (Å²) in [5, 5.41) is 13.5. The Bertz CT molecular complexity index is 810. The van der Waals surface area contributed by atoms with Gasteiger partial charge in [0.15, 0.2) is 0 Å². The Morgan fingerprint density at radius 2 is 1.93 bits per heavy atom. The second-order valence-electron chi connectivity index (χ2n) is 6.30. The van der Waals surface area contributed by atoms with Crippen LogP contribution in [0.1, 0.15) is 28.9 Å². The molecule has 0 aliphatic carbocycles. The van der Waals surface area contributed by atoms with Crippen LogP contribution in [0, 0.1) is 0 Å².